The fourth-order valence-corrected chi connectivity index (χ4v) is 7.89. The molecule has 1 atom stereocenters. The first-order valence-corrected chi connectivity index (χ1v) is 17.3. The number of hydrogen-bond acceptors (Lipinski definition) is 9. The van der Waals surface area contributed by atoms with E-state index in [1.54, 1.807) is 24.5 Å². The highest BCUT2D eigenvalue weighted by atomic mass is 16.6. The van der Waals surface area contributed by atoms with Gasteiger partial charge in [0.15, 0.2) is 0 Å². The number of carbonyl (C=O) groups excluding carboxylic acids is 2. The van der Waals surface area contributed by atoms with Gasteiger partial charge >= 0.3 is 11.9 Å². The molecule has 48 heavy (non-hydrogen) atoms. The average Bonchev–Trinajstić information content (AvgIpc) is 4.01. The van der Waals surface area contributed by atoms with Gasteiger partial charge in [0.25, 0.3) is 11.1 Å². The first kappa shape index (κ1) is 30.8. The largest absolute Gasteiger partial charge is 0.385 e. The Balaban J connectivity index is 1.15. The minimum atomic E-state index is -1.05. The molecule has 3 N–H and O–H groups in total. The third kappa shape index (κ3) is 5.29. The number of hydrogen-bond donors (Lipinski definition) is 2. The van der Waals surface area contributed by atoms with Gasteiger partial charge in [-0.15, -0.1) is 0 Å². The topological polar surface area (TPSA) is 131 Å². The van der Waals surface area contributed by atoms with Crippen molar-refractivity contribution < 1.29 is 14.3 Å². The van der Waals surface area contributed by atoms with Crippen molar-refractivity contribution in [3.8, 4) is 0 Å². The van der Waals surface area contributed by atoms with Crippen LogP contribution in [0.3, 0.4) is 0 Å². The molecule has 0 aromatic carbocycles. The number of piperazine rings is 1. The molecule has 6 heterocycles. The number of rotatable bonds is 6. The van der Waals surface area contributed by atoms with Gasteiger partial charge in [0.1, 0.15) is 11.1 Å². The number of fused-ring (bicyclic) bond motifs is 2. The molecule has 0 radical (unpaired) electrons. The fraction of sp³-hybridized carbons (Fsp3) is 0.459. The summed E-state index contributed by atoms with van der Waals surface area (Å²) in [5, 5.41) is 3.38. The molecule has 4 aromatic rings. The van der Waals surface area contributed by atoms with Crippen LogP contribution in [-0.2, 0) is 4.74 Å². The summed E-state index contributed by atoms with van der Waals surface area (Å²) < 4.78 is 8.38. The van der Waals surface area contributed by atoms with Gasteiger partial charge in [-0.3, -0.25) is 18.4 Å². The zero-order valence-corrected chi connectivity index (χ0v) is 27.6. The number of nitrogens with one attached hydrogen (secondary N) is 1. The Kier molecular flexibility index (Phi) is 7.64. The van der Waals surface area contributed by atoms with E-state index in [2.05, 4.69) is 15.1 Å². The normalized spacial score (nSPS) is 20.0. The summed E-state index contributed by atoms with van der Waals surface area (Å²) in [5.41, 5.74) is 12.2. The Morgan fingerprint density at radius 3 is 1.73 bits per heavy atom. The minimum absolute atomic E-state index is 0.101. The maximum Gasteiger partial charge on any atom is 0.351 e. The Bertz CT molecular complexity index is 2100. The molecule has 2 aliphatic heterocycles. The molecular formula is C37H42N6O5. The molecule has 2 aliphatic carbocycles. The van der Waals surface area contributed by atoms with Crippen LogP contribution in [0.15, 0.2) is 46.2 Å². The van der Waals surface area contributed by atoms with Crippen molar-refractivity contribution in [2.75, 3.05) is 49.1 Å². The molecule has 11 heteroatoms. The van der Waals surface area contributed by atoms with Gasteiger partial charge in [0, 0.05) is 69.1 Å². The lowest BCUT2D eigenvalue weighted by molar-refractivity contribution is 0.0395. The van der Waals surface area contributed by atoms with Gasteiger partial charge in [0.05, 0.1) is 11.0 Å². The standard InChI is InChI=1S/C37H42N6O5/c1-21-30(40-16-11-39-12-17-40)9-14-42-32(21)26(23-5-6-23)18-28(34(42)44)36(46)48-37(47)29-19-27(24-7-8-24)33-22(2)31(10-15-43(33)35(29)45)41-13-3-4-25(38)20-41/h9-10,14-15,18-19,23-25,39H,3-8,11-13,16-17,20,38H2,1-2H3. The van der Waals surface area contributed by atoms with Crippen LogP contribution in [-0.4, -0.2) is 66.1 Å². The molecule has 4 aliphatic rings. The number of aromatic nitrogens is 2. The average molecular weight is 651 g/mol. The van der Waals surface area contributed by atoms with Crippen molar-refractivity contribution in [3.63, 3.8) is 0 Å². The summed E-state index contributed by atoms with van der Waals surface area (Å²) in [6.07, 6.45) is 9.25. The monoisotopic (exact) mass is 650 g/mol. The molecule has 0 amide bonds. The van der Waals surface area contributed by atoms with Crippen LogP contribution in [0.2, 0.25) is 0 Å². The fourth-order valence-electron chi connectivity index (χ4n) is 7.89. The van der Waals surface area contributed by atoms with Crippen LogP contribution < -0.4 is 32.0 Å². The summed E-state index contributed by atoms with van der Waals surface area (Å²) in [7, 11) is 0. The van der Waals surface area contributed by atoms with Crippen LogP contribution in [0, 0.1) is 13.8 Å². The van der Waals surface area contributed by atoms with E-state index in [1.165, 1.54) is 8.80 Å². The summed E-state index contributed by atoms with van der Waals surface area (Å²) in [4.78, 5) is 59.4. The SMILES string of the molecule is Cc1c(N2CCNCC2)ccn2c(=O)c(C(=O)OC(=O)c3cc(C4CC4)c4c(C)c(N5CCCC(N)C5)ccn4c3=O)cc(C3CC3)c12. The number of nitrogens with two attached hydrogens (primary N) is 1. The number of ether oxygens (including phenoxy) is 1. The van der Waals surface area contributed by atoms with Gasteiger partial charge in [-0.2, -0.15) is 0 Å². The van der Waals surface area contributed by atoms with Crippen LogP contribution in [0.1, 0.15) is 93.3 Å². The number of carbonyl (C=O) groups is 2. The Hall–Kier alpha value is -4.48. The van der Waals surface area contributed by atoms with E-state index in [0.717, 1.165) is 122 Å². The summed E-state index contributed by atoms with van der Waals surface area (Å²) in [5.74, 6) is -1.66. The van der Waals surface area contributed by atoms with Gasteiger partial charge in [0.2, 0.25) is 0 Å². The Morgan fingerprint density at radius 2 is 1.25 bits per heavy atom. The van der Waals surface area contributed by atoms with Crippen molar-refractivity contribution in [1.82, 2.24) is 14.1 Å². The Labute approximate surface area is 278 Å². The van der Waals surface area contributed by atoms with Gasteiger partial charge in [-0.05, 0) is 111 Å². The lowest BCUT2D eigenvalue weighted by atomic mass is 10.0. The van der Waals surface area contributed by atoms with E-state index in [4.69, 9.17) is 10.5 Å². The highest BCUT2D eigenvalue weighted by Gasteiger charge is 2.33. The van der Waals surface area contributed by atoms with Crippen LogP contribution >= 0.6 is 0 Å². The van der Waals surface area contributed by atoms with Gasteiger partial charge in [-0.1, -0.05) is 0 Å². The number of esters is 2. The number of piperidine rings is 1. The first-order valence-electron chi connectivity index (χ1n) is 17.3. The van der Waals surface area contributed by atoms with Crippen LogP contribution in [0.5, 0.6) is 0 Å². The van der Waals surface area contributed by atoms with E-state index in [1.807, 2.05) is 26.0 Å². The molecule has 1 unspecified atom stereocenters. The van der Waals surface area contributed by atoms with E-state index in [-0.39, 0.29) is 29.0 Å². The minimum Gasteiger partial charge on any atom is -0.385 e. The predicted molar refractivity (Wildman–Crippen MR) is 185 cm³/mol. The molecule has 4 aromatic heterocycles. The highest BCUT2D eigenvalue weighted by Crippen LogP contribution is 2.45. The summed E-state index contributed by atoms with van der Waals surface area (Å²) in [6.45, 7) is 9.21. The van der Waals surface area contributed by atoms with E-state index in [0.29, 0.717) is 0 Å². The van der Waals surface area contributed by atoms with E-state index < -0.39 is 23.1 Å². The molecule has 250 valence electrons. The van der Waals surface area contributed by atoms with Crippen molar-refractivity contribution in [1.29, 1.82) is 0 Å². The zero-order valence-electron chi connectivity index (χ0n) is 27.6. The smallest absolute Gasteiger partial charge is 0.351 e. The molecule has 2 saturated carbocycles. The maximum absolute atomic E-state index is 13.8. The summed E-state index contributed by atoms with van der Waals surface area (Å²) >= 11 is 0. The molecule has 8 rings (SSSR count). The first-order chi connectivity index (χ1) is 23.2. The number of anilines is 2. The van der Waals surface area contributed by atoms with E-state index >= 15 is 0 Å². The molecule has 0 bridgehead atoms. The second-order valence-electron chi connectivity index (χ2n) is 14.0. The number of nitrogens with zero attached hydrogens (tertiary/aromatic N) is 4. The van der Waals surface area contributed by atoms with Crippen LogP contribution in [0.4, 0.5) is 11.4 Å². The molecule has 0 spiro atoms. The highest BCUT2D eigenvalue weighted by molar-refractivity contribution is 6.03. The molecular weight excluding hydrogens is 608 g/mol. The number of pyridine rings is 4. The second-order valence-corrected chi connectivity index (χ2v) is 14.0. The third-order valence-corrected chi connectivity index (χ3v) is 10.7. The summed E-state index contributed by atoms with van der Waals surface area (Å²) in [6, 6.07) is 7.15. The molecule has 11 nitrogen and oxygen atoms in total. The lowest BCUT2D eigenvalue weighted by Gasteiger charge is -2.34. The lowest BCUT2D eigenvalue weighted by Crippen LogP contribution is -2.44. The quantitative estimate of drug-likeness (QED) is 0.237. The number of aryl methyl sites for hydroxylation is 2. The van der Waals surface area contributed by atoms with Gasteiger partial charge in [-0.25, -0.2) is 9.59 Å². The van der Waals surface area contributed by atoms with Crippen LogP contribution in [0.25, 0.3) is 11.0 Å². The zero-order chi connectivity index (χ0) is 33.3. The van der Waals surface area contributed by atoms with Crippen molar-refractivity contribution >= 4 is 34.3 Å². The third-order valence-electron chi connectivity index (χ3n) is 10.7. The van der Waals surface area contributed by atoms with Crippen molar-refractivity contribution in [2.45, 2.75) is 70.3 Å². The van der Waals surface area contributed by atoms with E-state index in [9.17, 15) is 19.2 Å². The Morgan fingerprint density at radius 1 is 0.750 bits per heavy atom. The van der Waals surface area contributed by atoms with Gasteiger partial charge < -0.3 is 25.6 Å². The molecule has 2 saturated heterocycles. The molecule has 4 fully saturated rings. The second kappa shape index (κ2) is 11.9. The van der Waals surface area contributed by atoms with Crippen molar-refractivity contribution in [3.05, 3.63) is 90.7 Å². The maximum atomic E-state index is 13.8. The van der Waals surface area contributed by atoms with Crippen molar-refractivity contribution in [2.24, 2.45) is 5.73 Å². The predicted octanol–water partition coefficient (Wildman–Crippen LogP) is 3.62.